The van der Waals surface area contributed by atoms with E-state index in [1.165, 1.54) is 0 Å². The first-order valence-electron chi connectivity index (χ1n) is 14.9. The molecule has 0 radical (unpaired) electrons. The third-order valence-corrected chi connectivity index (χ3v) is 8.37. The zero-order valence-corrected chi connectivity index (χ0v) is 24.3. The molecule has 0 spiro atoms. The summed E-state index contributed by atoms with van der Waals surface area (Å²) in [5.74, 6) is 1.59. The predicted octanol–water partition coefficient (Wildman–Crippen LogP) is 10.2. The number of furan rings is 2. The fourth-order valence-electron chi connectivity index (χ4n) is 6.25. The molecule has 3 heterocycles. The number of benzene rings is 6. The lowest BCUT2D eigenvalue weighted by atomic mass is 9.99. The van der Waals surface area contributed by atoms with Gasteiger partial charge in [-0.25, -0.2) is 15.0 Å². The molecule has 9 aromatic rings. The Morgan fingerprint density at radius 2 is 1.07 bits per heavy atom. The molecule has 6 nitrogen and oxygen atoms in total. The summed E-state index contributed by atoms with van der Waals surface area (Å²) in [4.78, 5) is 15.0. The molecule has 0 aliphatic heterocycles. The van der Waals surface area contributed by atoms with E-state index in [0.717, 1.165) is 60.5 Å². The Morgan fingerprint density at radius 3 is 1.80 bits per heavy atom. The van der Waals surface area contributed by atoms with Crippen LogP contribution in [0.2, 0.25) is 0 Å². The Labute approximate surface area is 262 Å². The average Bonchev–Trinajstić information content (AvgIpc) is 3.69. The second-order valence-electron chi connectivity index (χ2n) is 11.1. The van der Waals surface area contributed by atoms with Crippen molar-refractivity contribution in [3.05, 3.63) is 139 Å². The van der Waals surface area contributed by atoms with Gasteiger partial charge in [-0.15, -0.1) is 0 Å². The van der Waals surface area contributed by atoms with Crippen molar-refractivity contribution in [2.24, 2.45) is 0 Å². The molecule has 46 heavy (non-hydrogen) atoms. The zero-order valence-electron chi connectivity index (χ0n) is 24.3. The number of nitriles is 1. The van der Waals surface area contributed by atoms with Gasteiger partial charge in [0.05, 0.1) is 11.6 Å². The Morgan fingerprint density at radius 1 is 0.435 bits per heavy atom. The van der Waals surface area contributed by atoms with Crippen LogP contribution in [0.3, 0.4) is 0 Å². The second-order valence-corrected chi connectivity index (χ2v) is 11.1. The van der Waals surface area contributed by atoms with Crippen LogP contribution in [0.4, 0.5) is 0 Å². The highest BCUT2D eigenvalue weighted by Crippen LogP contribution is 2.39. The van der Waals surface area contributed by atoms with Gasteiger partial charge in [-0.3, -0.25) is 0 Å². The zero-order chi connectivity index (χ0) is 30.6. The van der Waals surface area contributed by atoms with Crippen molar-refractivity contribution >= 4 is 43.9 Å². The molecule has 6 aromatic carbocycles. The molecule has 0 fully saturated rings. The molecule has 0 aliphatic rings. The molecule has 0 atom stereocenters. The second kappa shape index (κ2) is 10.3. The molecule has 0 N–H and O–H groups in total. The van der Waals surface area contributed by atoms with Crippen molar-refractivity contribution in [1.82, 2.24) is 15.0 Å². The van der Waals surface area contributed by atoms with E-state index in [2.05, 4.69) is 30.3 Å². The molecule has 0 saturated carbocycles. The van der Waals surface area contributed by atoms with Gasteiger partial charge in [0.25, 0.3) is 0 Å². The first-order valence-corrected chi connectivity index (χ1v) is 14.9. The fraction of sp³-hybridized carbons (Fsp3) is 0. The summed E-state index contributed by atoms with van der Waals surface area (Å²) in [7, 11) is 0. The smallest absolute Gasteiger partial charge is 0.164 e. The number of hydrogen-bond acceptors (Lipinski definition) is 6. The Bertz CT molecular complexity index is 2650. The average molecular weight is 591 g/mol. The van der Waals surface area contributed by atoms with E-state index < -0.39 is 0 Å². The normalized spacial score (nSPS) is 11.5. The maximum Gasteiger partial charge on any atom is 0.164 e. The lowest BCUT2D eigenvalue weighted by molar-refractivity contribution is 0.668. The van der Waals surface area contributed by atoms with Gasteiger partial charge >= 0.3 is 0 Å². The molecule has 0 unspecified atom stereocenters. The summed E-state index contributed by atoms with van der Waals surface area (Å²) in [6.45, 7) is 0. The molecule has 0 aliphatic carbocycles. The standard InChI is InChI=1S/C40H22N4O2/c41-23-24-17-20-32-31(21-24)37-30(14-8-16-34(37)45-32)40-43-38(26-11-5-2-6-12-26)42-39(44-40)27-18-19-29-35(22-27)46-33-15-7-13-28(36(29)33)25-9-3-1-4-10-25/h1-22H. The number of hydrogen-bond donors (Lipinski definition) is 0. The van der Waals surface area contributed by atoms with Gasteiger partial charge in [-0.1, -0.05) is 91.0 Å². The monoisotopic (exact) mass is 590 g/mol. The van der Waals surface area contributed by atoms with Crippen molar-refractivity contribution in [2.75, 3.05) is 0 Å². The molecule has 0 amide bonds. The number of rotatable bonds is 4. The van der Waals surface area contributed by atoms with E-state index in [4.69, 9.17) is 23.8 Å². The van der Waals surface area contributed by atoms with Gasteiger partial charge in [0.2, 0.25) is 0 Å². The van der Waals surface area contributed by atoms with Crippen LogP contribution in [0.5, 0.6) is 0 Å². The Balaban J connectivity index is 1.27. The summed E-state index contributed by atoms with van der Waals surface area (Å²) < 4.78 is 12.6. The SMILES string of the molecule is N#Cc1ccc2oc3cccc(-c4nc(-c5ccccc5)nc(-c5ccc6c(c5)oc5cccc(-c7ccccc7)c56)n4)c3c2c1. The van der Waals surface area contributed by atoms with Crippen molar-refractivity contribution in [3.8, 4) is 51.4 Å². The maximum absolute atomic E-state index is 9.59. The van der Waals surface area contributed by atoms with Gasteiger partial charge in [-0.2, -0.15) is 5.26 Å². The largest absolute Gasteiger partial charge is 0.456 e. The topological polar surface area (TPSA) is 88.7 Å². The van der Waals surface area contributed by atoms with Gasteiger partial charge in [0, 0.05) is 38.2 Å². The molecule has 6 heteroatoms. The molecule has 3 aromatic heterocycles. The van der Waals surface area contributed by atoms with Gasteiger partial charge in [-0.05, 0) is 53.6 Å². The minimum atomic E-state index is 0.510. The highest BCUT2D eigenvalue weighted by Gasteiger charge is 2.19. The van der Waals surface area contributed by atoms with E-state index in [-0.39, 0.29) is 0 Å². The number of nitrogens with zero attached hydrogens (tertiary/aromatic N) is 4. The van der Waals surface area contributed by atoms with Crippen molar-refractivity contribution in [1.29, 1.82) is 5.26 Å². The molecule has 214 valence electrons. The van der Waals surface area contributed by atoms with Crippen LogP contribution in [0.15, 0.2) is 142 Å². The van der Waals surface area contributed by atoms with Crippen LogP contribution in [0.1, 0.15) is 5.56 Å². The first kappa shape index (κ1) is 25.9. The summed E-state index contributed by atoms with van der Waals surface area (Å²) >= 11 is 0. The quantitative estimate of drug-likeness (QED) is 0.203. The van der Waals surface area contributed by atoms with E-state index in [0.29, 0.717) is 34.2 Å². The Hall–Kier alpha value is -6.58. The van der Waals surface area contributed by atoms with E-state index in [9.17, 15) is 5.26 Å². The highest BCUT2D eigenvalue weighted by molar-refractivity contribution is 6.13. The molecule has 0 saturated heterocycles. The summed E-state index contributed by atoms with van der Waals surface area (Å²) in [5, 5.41) is 13.4. The molecule has 0 bridgehead atoms. The molecular formula is C40H22N4O2. The van der Waals surface area contributed by atoms with Crippen LogP contribution in [0.25, 0.3) is 89.2 Å². The van der Waals surface area contributed by atoms with Crippen LogP contribution >= 0.6 is 0 Å². The first-order chi connectivity index (χ1) is 22.7. The third-order valence-electron chi connectivity index (χ3n) is 8.37. The highest BCUT2D eigenvalue weighted by atomic mass is 16.3. The van der Waals surface area contributed by atoms with E-state index >= 15 is 0 Å². The summed E-state index contributed by atoms with van der Waals surface area (Å²) in [5.41, 5.74) is 8.27. The van der Waals surface area contributed by atoms with Crippen molar-refractivity contribution < 1.29 is 8.83 Å². The number of aromatic nitrogens is 3. The lowest BCUT2D eigenvalue weighted by Crippen LogP contribution is -2.00. The summed E-state index contributed by atoms with van der Waals surface area (Å²) in [6, 6.07) is 46.0. The van der Waals surface area contributed by atoms with Crippen molar-refractivity contribution in [2.45, 2.75) is 0 Å². The van der Waals surface area contributed by atoms with E-state index in [1.807, 2.05) is 103 Å². The molecule has 9 rings (SSSR count). The van der Waals surface area contributed by atoms with Gasteiger partial charge in [0.15, 0.2) is 17.5 Å². The van der Waals surface area contributed by atoms with Crippen LogP contribution in [-0.4, -0.2) is 15.0 Å². The van der Waals surface area contributed by atoms with Crippen LogP contribution in [-0.2, 0) is 0 Å². The lowest BCUT2D eigenvalue weighted by Gasteiger charge is -2.09. The minimum absolute atomic E-state index is 0.510. The number of fused-ring (bicyclic) bond motifs is 6. The van der Waals surface area contributed by atoms with Gasteiger partial charge < -0.3 is 8.83 Å². The summed E-state index contributed by atoms with van der Waals surface area (Å²) in [6.07, 6.45) is 0. The minimum Gasteiger partial charge on any atom is -0.456 e. The Kier molecular flexibility index (Phi) is 5.77. The molecular weight excluding hydrogens is 568 g/mol. The van der Waals surface area contributed by atoms with E-state index in [1.54, 1.807) is 6.07 Å². The van der Waals surface area contributed by atoms with Crippen LogP contribution < -0.4 is 0 Å². The van der Waals surface area contributed by atoms with Crippen molar-refractivity contribution in [3.63, 3.8) is 0 Å². The maximum atomic E-state index is 9.59. The predicted molar refractivity (Wildman–Crippen MR) is 181 cm³/mol. The third kappa shape index (κ3) is 4.15. The van der Waals surface area contributed by atoms with Crippen LogP contribution in [0, 0.1) is 11.3 Å². The van der Waals surface area contributed by atoms with Gasteiger partial charge in [0.1, 0.15) is 22.3 Å². The fourth-order valence-corrected chi connectivity index (χ4v) is 6.25.